The van der Waals surface area contributed by atoms with Crippen LogP contribution in [0.5, 0.6) is 5.75 Å². The van der Waals surface area contributed by atoms with Gasteiger partial charge >= 0.3 is 20.1 Å². The molecule has 0 unspecified atom stereocenters. The van der Waals surface area contributed by atoms with Crippen molar-refractivity contribution >= 4 is 49.6 Å². The van der Waals surface area contributed by atoms with Crippen LogP contribution in [0.15, 0.2) is 24.3 Å². The fourth-order valence-corrected chi connectivity index (χ4v) is 3.99. The zero-order valence-corrected chi connectivity index (χ0v) is 25.4. The summed E-state index contributed by atoms with van der Waals surface area (Å²) >= 11 is 0. The molecule has 0 saturated carbocycles. The van der Waals surface area contributed by atoms with E-state index in [1.165, 1.54) is 31.2 Å². The molecule has 0 bridgehead atoms. The molecule has 0 aliphatic rings. The van der Waals surface area contributed by atoms with Gasteiger partial charge in [0.1, 0.15) is 36.5 Å². The van der Waals surface area contributed by atoms with Crippen molar-refractivity contribution in [2.24, 2.45) is 11.5 Å². The lowest BCUT2D eigenvalue weighted by atomic mass is 10.0. The number of aliphatic carboxylic acids is 2. The van der Waals surface area contributed by atoms with Crippen LogP contribution in [0.25, 0.3) is 0 Å². The zero-order valence-electron chi connectivity index (χ0n) is 24.5. The highest BCUT2D eigenvalue weighted by atomic mass is 31.2. The highest BCUT2D eigenvalue weighted by molar-refractivity contribution is 7.53. The maximum Gasteiger partial charge on any atom is 0.567 e. The first-order valence-corrected chi connectivity index (χ1v) is 15.0. The molecule has 46 heavy (non-hydrogen) atoms. The van der Waals surface area contributed by atoms with Crippen LogP contribution in [-0.4, -0.2) is 108 Å². The molecule has 1 rings (SSSR count). The van der Waals surface area contributed by atoms with E-state index in [9.17, 15) is 43.8 Å². The first-order valence-electron chi connectivity index (χ1n) is 13.5. The third kappa shape index (κ3) is 15.5. The molecule has 0 fully saturated rings. The van der Waals surface area contributed by atoms with Gasteiger partial charge in [0.05, 0.1) is 6.04 Å². The topological polar surface area (TPSA) is 350 Å². The summed E-state index contributed by atoms with van der Waals surface area (Å²) in [6, 6.07) is -2.45. The number of aromatic hydroxyl groups is 1. The highest BCUT2D eigenvalue weighted by Crippen LogP contribution is 2.45. The van der Waals surface area contributed by atoms with Gasteiger partial charge in [0.15, 0.2) is 0 Å². The molecule has 0 radical (unpaired) electrons. The number of benzene rings is 1. The van der Waals surface area contributed by atoms with E-state index < -0.39 is 112 Å². The van der Waals surface area contributed by atoms with Gasteiger partial charge in [-0.05, 0) is 37.5 Å². The van der Waals surface area contributed by atoms with Crippen LogP contribution >= 0.6 is 8.17 Å². The average Bonchev–Trinajstić information content (AvgIpc) is 2.94. The number of carbonyl (C=O) groups excluding carboxylic acids is 5. The van der Waals surface area contributed by atoms with E-state index >= 15 is 0 Å². The number of phenolic OH excluding ortho intramolecular Hbond substituents is 1. The van der Waals surface area contributed by atoms with E-state index in [1.807, 2.05) is 0 Å². The number of carboxylic acid groups (broad SMARTS) is 2. The Balaban J connectivity index is 3.23. The van der Waals surface area contributed by atoms with Gasteiger partial charge in [-0.15, -0.1) is 0 Å². The number of phenols is 1. The largest absolute Gasteiger partial charge is 0.567 e. The van der Waals surface area contributed by atoms with E-state index in [1.54, 1.807) is 0 Å². The maximum absolute atomic E-state index is 13.3. The lowest BCUT2D eigenvalue weighted by molar-refractivity contribution is -0.143. The molecule has 0 aliphatic carbocycles. The molecule has 0 spiro atoms. The van der Waals surface area contributed by atoms with Gasteiger partial charge in [-0.2, -0.15) is 19.2 Å². The van der Waals surface area contributed by atoms with Crippen molar-refractivity contribution in [3.05, 3.63) is 29.8 Å². The number of primary amides is 1. The van der Waals surface area contributed by atoms with Crippen molar-refractivity contribution < 1.29 is 68.1 Å². The lowest BCUT2D eigenvalue weighted by Gasteiger charge is -2.26. The SMILES string of the molecule is C[C@H](N)C(=O)N[C@@H](CO[P+](O)(O)O)C(=O)N[C@@H](CCC(N)=O)C(=O)N[C@@H](CCC(=O)O)C(=O)N[C@@H](Cc1ccc(O)cc1)C(=O)O. The summed E-state index contributed by atoms with van der Waals surface area (Å²) in [5.41, 5.74) is 11.0. The van der Waals surface area contributed by atoms with Crippen molar-refractivity contribution in [1.29, 1.82) is 0 Å². The minimum Gasteiger partial charge on any atom is -0.508 e. The highest BCUT2D eigenvalue weighted by Gasteiger charge is 2.38. The van der Waals surface area contributed by atoms with Crippen LogP contribution in [0.3, 0.4) is 0 Å². The van der Waals surface area contributed by atoms with Gasteiger partial charge in [0.2, 0.25) is 29.5 Å². The first-order chi connectivity index (χ1) is 21.3. The third-order valence-electron chi connectivity index (χ3n) is 6.04. The first kappa shape index (κ1) is 39.6. The smallest absolute Gasteiger partial charge is 0.508 e. The van der Waals surface area contributed by atoms with E-state index in [0.29, 0.717) is 5.56 Å². The van der Waals surface area contributed by atoms with E-state index in [-0.39, 0.29) is 12.2 Å². The Labute approximate surface area is 262 Å². The van der Waals surface area contributed by atoms with Crippen molar-refractivity contribution in [3.63, 3.8) is 0 Å². The van der Waals surface area contributed by atoms with Crippen LogP contribution in [0.2, 0.25) is 0 Å². The molecule has 5 atom stereocenters. The summed E-state index contributed by atoms with van der Waals surface area (Å²) in [6.45, 7) is 0.227. The molecule has 256 valence electrons. The number of hydrogen-bond donors (Lipinski definition) is 12. The van der Waals surface area contributed by atoms with Crippen LogP contribution in [0, 0.1) is 0 Å². The number of carbonyl (C=O) groups is 7. The summed E-state index contributed by atoms with van der Waals surface area (Å²) in [5.74, 6) is -8.24. The van der Waals surface area contributed by atoms with Gasteiger partial charge in [-0.25, -0.2) is 4.79 Å². The monoisotopic (exact) mass is 677 g/mol. The number of nitrogens with one attached hydrogen (secondary N) is 4. The molecular formula is C25H38N6O14P+. The van der Waals surface area contributed by atoms with Crippen molar-refractivity contribution in [2.75, 3.05) is 6.61 Å². The summed E-state index contributed by atoms with van der Waals surface area (Å²) in [6.07, 6.45) is -2.43. The summed E-state index contributed by atoms with van der Waals surface area (Å²) in [7, 11) is -4.89. The van der Waals surface area contributed by atoms with Gasteiger partial charge < -0.3 is 48.1 Å². The third-order valence-corrected chi connectivity index (χ3v) is 6.54. The molecule has 5 amide bonds. The maximum atomic E-state index is 13.3. The molecule has 0 heterocycles. The summed E-state index contributed by atoms with van der Waals surface area (Å²) < 4.78 is 4.41. The molecule has 1 aromatic rings. The van der Waals surface area contributed by atoms with Crippen molar-refractivity contribution in [3.8, 4) is 5.75 Å². The van der Waals surface area contributed by atoms with E-state index in [0.717, 1.165) is 0 Å². The normalized spacial score (nSPS) is 14.5. The van der Waals surface area contributed by atoms with Crippen LogP contribution in [0.1, 0.15) is 38.2 Å². The number of rotatable bonds is 20. The Morgan fingerprint density at radius 1 is 0.761 bits per heavy atom. The zero-order chi connectivity index (χ0) is 35.2. The quantitative estimate of drug-likeness (QED) is 0.0587. The number of carboxylic acids is 2. The summed E-state index contributed by atoms with van der Waals surface area (Å²) in [4.78, 5) is 113. The number of hydrogen-bond acceptors (Lipinski definition) is 13. The van der Waals surface area contributed by atoms with E-state index in [2.05, 4.69) is 25.8 Å². The molecule has 20 nitrogen and oxygen atoms in total. The van der Waals surface area contributed by atoms with Crippen molar-refractivity contribution in [2.45, 2.75) is 69.2 Å². The van der Waals surface area contributed by atoms with Gasteiger partial charge in [0, 0.05) is 19.3 Å². The van der Waals surface area contributed by atoms with Crippen molar-refractivity contribution in [1.82, 2.24) is 21.3 Å². The fourth-order valence-electron chi connectivity index (χ4n) is 3.64. The van der Waals surface area contributed by atoms with Gasteiger partial charge in [-0.1, -0.05) is 12.1 Å². The van der Waals surface area contributed by atoms with Gasteiger partial charge in [0.25, 0.3) is 0 Å². The second-order valence-corrected chi connectivity index (χ2v) is 11.3. The average molecular weight is 678 g/mol. The predicted octanol–water partition coefficient (Wildman–Crippen LogP) is -3.89. The predicted molar refractivity (Wildman–Crippen MR) is 156 cm³/mol. The molecule has 0 saturated heterocycles. The van der Waals surface area contributed by atoms with Crippen LogP contribution < -0.4 is 32.7 Å². The molecule has 0 aliphatic heterocycles. The minimum absolute atomic E-state index is 0.0889. The second kappa shape index (κ2) is 18.5. The molecule has 0 aromatic heterocycles. The second-order valence-electron chi connectivity index (χ2n) is 9.99. The minimum atomic E-state index is -4.89. The van der Waals surface area contributed by atoms with Crippen LogP contribution in [-0.2, 0) is 44.5 Å². The fraction of sp³-hybridized carbons (Fsp3) is 0.480. The Bertz CT molecular complexity index is 1260. The number of amides is 5. The van der Waals surface area contributed by atoms with Crippen LogP contribution in [0.4, 0.5) is 0 Å². The number of nitrogens with two attached hydrogens (primary N) is 2. The molecule has 21 heteroatoms. The Hall–Kier alpha value is -4.46. The Kier molecular flexibility index (Phi) is 15.9. The lowest BCUT2D eigenvalue weighted by Crippen LogP contribution is -2.59. The standard InChI is InChI=1S/C25H37N6O14P/c1-12(26)21(36)31-18(11-45-46(42,43)44)24(39)29-15(6-8-19(27)33)22(37)28-16(7-9-20(34)35)23(38)30-17(25(40)41)10-13-2-4-14(32)5-3-13/h2-5,12,15-18,42-44H,6-11,26H2,1H3,(H8-,27,28,29,30,31,32,33,34,35,36,37,38,39,40,41)/p+1/t12-,15-,16-,17-,18-/m0/s1. The van der Waals surface area contributed by atoms with E-state index in [4.69, 9.17) is 31.3 Å². The summed E-state index contributed by atoms with van der Waals surface area (Å²) in [5, 5.41) is 36.9. The molecule has 14 N–H and O–H groups in total. The molecule has 1 aromatic carbocycles. The Morgan fingerprint density at radius 2 is 1.22 bits per heavy atom. The van der Waals surface area contributed by atoms with Gasteiger partial charge in [-0.3, -0.25) is 28.8 Å². The molecular weight excluding hydrogens is 639 g/mol. The Morgan fingerprint density at radius 3 is 1.65 bits per heavy atom.